The lowest BCUT2D eigenvalue weighted by molar-refractivity contribution is 0.0598. The topological polar surface area (TPSA) is 56.5 Å². The van der Waals surface area contributed by atoms with Crippen molar-refractivity contribution in [1.29, 1.82) is 0 Å². The monoisotopic (exact) mass is 250 g/mol. The zero-order valence-electron chi connectivity index (χ0n) is 9.35. The average molecular weight is 250 g/mol. The Morgan fingerprint density at radius 2 is 2.24 bits per heavy atom. The molecule has 0 fully saturated rings. The maximum absolute atomic E-state index is 11.4. The summed E-state index contributed by atoms with van der Waals surface area (Å²) in [7, 11) is 1.32. The summed E-state index contributed by atoms with van der Waals surface area (Å²) < 4.78 is 10.1. The van der Waals surface area contributed by atoms with Gasteiger partial charge >= 0.3 is 5.97 Å². The highest BCUT2D eigenvalue weighted by Crippen LogP contribution is 2.31. The first-order valence-corrected chi connectivity index (χ1v) is 5.71. The lowest BCUT2D eigenvalue weighted by Gasteiger charge is -1.93. The van der Waals surface area contributed by atoms with Crippen molar-refractivity contribution in [3.05, 3.63) is 34.4 Å². The van der Waals surface area contributed by atoms with E-state index in [1.807, 2.05) is 0 Å². The second kappa shape index (κ2) is 4.55. The molecule has 2 aromatic rings. The van der Waals surface area contributed by atoms with Crippen LogP contribution in [0.2, 0.25) is 0 Å². The van der Waals surface area contributed by atoms with E-state index in [4.69, 9.17) is 4.42 Å². The molecule has 0 spiro atoms. The SMILES string of the molecule is COC(=O)c1cc(-c2ccc(C=O)s2)oc1C. The van der Waals surface area contributed by atoms with E-state index in [0.29, 0.717) is 22.0 Å². The van der Waals surface area contributed by atoms with E-state index in [1.165, 1.54) is 18.4 Å². The molecule has 5 heteroatoms. The molecule has 2 aromatic heterocycles. The van der Waals surface area contributed by atoms with E-state index in [-0.39, 0.29) is 0 Å². The van der Waals surface area contributed by atoms with Gasteiger partial charge in [0.15, 0.2) is 6.29 Å². The van der Waals surface area contributed by atoms with Crippen LogP contribution in [0.25, 0.3) is 10.6 Å². The minimum atomic E-state index is -0.426. The molecule has 2 heterocycles. The summed E-state index contributed by atoms with van der Waals surface area (Å²) in [5.41, 5.74) is 0.406. The highest BCUT2D eigenvalue weighted by atomic mass is 32.1. The molecule has 17 heavy (non-hydrogen) atoms. The van der Waals surface area contributed by atoms with E-state index in [9.17, 15) is 9.59 Å². The number of thiophene rings is 1. The Balaban J connectivity index is 2.40. The van der Waals surface area contributed by atoms with Gasteiger partial charge < -0.3 is 9.15 Å². The van der Waals surface area contributed by atoms with Crippen molar-refractivity contribution in [3.63, 3.8) is 0 Å². The lowest BCUT2D eigenvalue weighted by Crippen LogP contribution is -2.00. The number of furan rings is 1. The van der Waals surface area contributed by atoms with Crippen molar-refractivity contribution in [1.82, 2.24) is 0 Å². The maximum atomic E-state index is 11.4. The Kier molecular flexibility index (Phi) is 3.10. The summed E-state index contributed by atoms with van der Waals surface area (Å²) in [6.45, 7) is 1.70. The van der Waals surface area contributed by atoms with Crippen molar-refractivity contribution < 1.29 is 18.7 Å². The van der Waals surface area contributed by atoms with Crippen molar-refractivity contribution in [2.24, 2.45) is 0 Å². The maximum Gasteiger partial charge on any atom is 0.341 e. The number of esters is 1. The second-order valence-electron chi connectivity index (χ2n) is 3.39. The minimum absolute atomic E-state index is 0.406. The van der Waals surface area contributed by atoms with E-state index < -0.39 is 5.97 Å². The van der Waals surface area contributed by atoms with Gasteiger partial charge in [0.05, 0.1) is 16.9 Å². The number of ether oxygens (including phenoxy) is 1. The zero-order chi connectivity index (χ0) is 12.4. The summed E-state index contributed by atoms with van der Waals surface area (Å²) in [6, 6.07) is 5.12. The molecule has 0 aliphatic carbocycles. The van der Waals surface area contributed by atoms with Crippen molar-refractivity contribution in [2.45, 2.75) is 6.92 Å². The standard InChI is InChI=1S/C12H10O4S/c1-7-9(12(14)15-2)5-10(16-7)11-4-3-8(6-13)17-11/h3-6H,1-2H3. The van der Waals surface area contributed by atoms with Gasteiger partial charge in [-0.1, -0.05) is 0 Å². The molecule has 0 amide bonds. The van der Waals surface area contributed by atoms with Crippen LogP contribution in [0.3, 0.4) is 0 Å². The van der Waals surface area contributed by atoms with Gasteiger partial charge in [-0.2, -0.15) is 0 Å². The fourth-order valence-electron chi connectivity index (χ4n) is 1.46. The fraction of sp³-hybridized carbons (Fsp3) is 0.167. The summed E-state index contributed by atoms with van der Waals surface area (Å²) >= 11 is 1.31. The van der Waals surface area contributed by atoms with Crippen molar-refractivity contribution >= 4 is 23.6 Å². The van der Waals surface area contributed by atoms with E-state index in [0.717, 1.165) is 11.2 Å². The zero-order valence-corrected chi connectivity index (χ0v) is 10.2. The van der Waals surface area contributed by atoms with Crippen LogP contribution in [0, 0.1) is 6.92 Å². The molecule has 0 aliphatic rings. The van der Waals surface area contributed by atoms with Crippen molar-refractivity contribution in [2.75, 3.05) is 7.11 Å². The van der Waals surface area contributed by atoms with E-state index in [1.54, 1.807) is 25.1 Å². The van der Waals surface area contributed by atoms with Gasteiger partial charge in [0, 0.05) is 6.07 Å². The highest BCUT2D eigenvalue weighted by molar-refractivity contribution is 7.17. The molecule has 0 aliphatic heterocycles. The molecule has 0 bridgehead atoms. The van der Waals surface area contributed by atoms with Crippen LogP contribution >= 0.6 is 11.3 Å². The van der Waals surface area contributed by atoms with Crippen LogP contribution in [0.4, 0.5) is 0 Å². The smallest absolute Gasteiger partial charge is 0.341 e. The number of hydrogen-bond acceptors (Lipinski definition) is 5. The molecule has 88 valence electrons. The van der Waals surface area contributed by atoms with Crippen LogP contribution in [-0.4, -0.2) is 19.4 Å². The normalized spacial score (nSPS) is 10.2. The quantitative estimate of drug-likeness (QED) is 0.620. The van der Waals surface area contributed by atoms with Gasteiger partial charge in [-0.15, -0.1) is 11.3 Å². The lowest BCUT2D eigenvalue weighted by atomic mass is 10.2. The predicted molar refractivity (Wildman–Crippen MR) is 63.5 cm³/mol. The summed E-state index contributed by atoms with van der Waals surface area (Å²) in [5, 5.41) is 0. The molecular formula is C12H10O4S. The Bertz CT molecular complexity index is 565. The predicted octanol–water partition coefficient (Wildman–Crippen LogP) is 2.92. The van der Waals surface area contributed by atoms with Gasteiger partial charge in [0.1, 0.15) is 17.1 Å². The fourth-order valence-corrected chi connectivity index (χ4v) is 2.24. The third-order valence-corrected chi connectivity index (χ3v) is 3.33. The molecule has 4 nitrogen and oxygen atoms in total. The Hall–Kier alpha value is -1.88. The van der Waals surface area contributed by atoms with Gasteiger partial charge in [-0.25, -0.2) is 4.79 Å². The number of hydrogen-bond donors (Lipinski definition) is 0. The van der Waals surface area contributed by atoms with Gasteiger partial charge in [0.2, 0.25) is 0 Å². The first kappa shape index (κ1) is 11.6. The molecule has 0 atom stereocenters. The third-order valence-electron chi connectivity index (χ3n) is 2.31. The summed E-state index contributed by atoms with van der Waals surface area (Å²) in [4.78, 5) is 23.4. The Morgan fingerprint density at radius 1 is 1.47 bits per heavy atom. The number of rotatable bonds is 3. The van der Waals surface area contributed by atoms with Crippen LogP contribution in [0.5, 0.6) is 0 Å². The number of carbonyl (C=O) groups is 2. The molecule has 2 rings (SSSR count). The van der Waals surface area contributed by atoms with Crippen LogP contribution in [0.1, 0.15) is 25.8 Å². The minimum Gasteiger partial charge on any atom is -0.465 e. The van der Waals surface area contributed by atoms with E-state index >= 15 is 0 Å². The summed E-state index contributed by atoms with van der Waals surface area (Å²) in [5.74, 6) is 0.651. The highest BCUT2D eigenvalue weighted by Gasteiger charge is 2.17. The van der Waals surface area contributed by atoms with Crippen LogP contribution < -0.4 is 0 Å². The average Bonchev–Trinajstić information content (AvgIpc) is 2.94. The van der Waals surface area contributed by atoms with Gasteiger partial charge in [-0.05, 0) is 19.1 Å². The first-order chi connectivity index (χ1) is 8.15. The third kappa shape index (κ3) is 2.14. The molecule has 0 radical (unpaired) electrons. The number of carbonyl (C=O) groups excluding carboxylic acids is 2. The number of aryl methyl sites for hydroxylation is 1. The molecule has 0 saturated carbocycles. The van der Waals surface area contributed by atoms with E-state index in [2.05, 4.69) is 4.74 Å². The van der Waals surface area contributed by atoms with Crippen LogP contribution in [-0.2, 0) is 4.74 Å². The van der Waals surface area contributed by atoms with Crippen LogP contribution in [0.15, 0.2) is 22.6 Å². The summed E-state index contributed by atoms with van der Waals surface area (Å²) in [6.07, 6.45) is 0.783. The van der Waals surface area contributed by atoms with Gasteiger partial charge in [0.25, 0.3) is 0 Å². The largest absolute Gasteiger partial charge is 0.465 e. The second-order valence-corrected chi connectivity index (χ2v) is 4.51. The molecule has 0 aromatic carbocycles. The molecular weight excluding hydrogens is 240 g/mol. The number of methoxy groups -OCH3 is 1. The Morgan fingerprint density at radius 3 is 2.82 bits per heavy atom. The first-order valence-electron chi connectivity index (χ1n) is 4.90. The molecule has 0 unspecified atom stereocenters. The Labute approximate surface area is 102 Å². The van der Waals surface area contributed by atoms with Gasteiger partial charge in [-0.3, -0.25) is 4.79 Å². The molecule has 0 N–H and O–H groups in total. The molecule has 0 saturated heterocycles. The number of aldehydes is 1. The van der Waals surface area contributed by atoms with Crippen molar-refractivity contribution in [3.8, 4) is 10.6 Å².